The monoisotopic (exact) mass is 403 g/mol. The molecule has 1 amide bonds. The van der Waals surface area contributed by atoms with Crippen LogP contribution in [0.5, 0.6) is 0 Å². The van der Waals surface area contributed by atoms with Gasteiger partial charge >= 0.3 is 0 Å². The van der Waals surface area contributed by atoms with Crippen molar-refractivity contribution in [3.8, 4) is 0 Å². The minimum absolute atomic E-state index is 0.119. The van der Waals surface area contributed by atoms with Crippen molar-refractivity contribution < 1.29 is 9.69 Å². The second-order valence-electron chi connectivity index (χ2n) is 10.0. The molecule has 158 valence electrons. The van der Waals surface area contributed by atoms with Crippen molar-refractivity contribution in [3.05, 3.63) is 71.3 Å². The van der Waals surface area contributed by atoms with Gasteiger partial charge in [-0.15, -0.1) is 0 Å². The van der Waals surface area contributed by atoms with Crippen LogP contribution in [0.4, 0.5) is 0 Å². The number of amides is 1. The number of benzene rings is 2. The molecule has 3 heteroatoms. The van der Waals surface area contributed by atoms with Gasteiger partial charge in [-0.25, -0.2) is 0 Å². The molecule has 2 bridgehead atoms. The van der Waals surface area contributed by atoms with Crippen LogP contribution in [0.1, 0.15) is 60.0 Å². The smallest absolute Gasteiger partial charge is 0.251 e. The van der Waals surface area contributed by atoms with E-state index in [1.807, 2.05) is 12.1 Å². The average Bonchev–Trinajstić information content (AvgIpc) is 3.40. The molecule has 3 aliphatic rings. The maximum atomic E-state index is 12.6. The van der Waals surface area contributed by atoms with Crippen LogP contribution < -0.4 is 10.2 Å². The summed E-state index contributed by atoms with van der Waals surface area (Å²) in [5.74, 6) is 2.54. The highest BCUT2D eigenvalue weighted by Gasteiger charge is 2.40. The van der Waals surface area contributed by atoms with Gasteiger partial charge < -0.3 is 10.2 Å². The normalized spacial score (nSPS) is 30.3. The Hall–Kier alpha value is -2.13. The molecule has 1 aliphatic heterocycles. The van der Waals surface area contributed by atoms with Gasteiger partial charge in [0.2, 0.25) is 0 Å². The average molecular weight is 404 g/mol. The van der Waals surface area contributed by atoms with Gasteiger partial charge in [-0.05, 0) is 74.0 Å². The molecule has 1 heterocycles. The summed E-state index contributed by atoms with van der Waals surface area (Å²) in [6.07, 6.45) is 9.05. The summed E-state index contributed by atoms with van der Waals surface area (Å²) in [4.78, 5) is 14.3. The van der Waals surface area contributed by atoms with Crippen molar-refractivity contribution in [2.75, 3.05) is 13.1 Å². The molecule has 3 nitrogen and oxygen atoms in total. The Morgan fingerprint density at radius 2 is 1.63 bits per heavy atom. The number of nitrogens with one attached hydrogen (secondary N) is 2. The van der Waals surface area contributed by atoms with E-state index in [1.165, 1.54) is 69.2 Å². The molecule has 0 aromatic heterocycles. The third-order valence-electron chi connectivity index (χ3n) is 7.90. The highest BCUT2D eigenvalue weighted by Crippen LogP contribution is 2.44. The first-order chi connectivity index (χ1) is 14.7. The molecule has 5 rings (SSSR count). The lowest BCUT2D eigenvalue weighted by Crippen LogP contribution is -3.11. The van der Waals surface area contributed by atoms with Crippen LogP contribution >= 0.6 is 0 Å². The molecule has 0 radical (unpaired) electrons. The summed E-state index contributed by atoms with van der Waals surface area (Å²) >= 11 is 0. The van der Waals surface area contributed by atoms with Crippen molar-refractivity contribution >= 4 is 5.91 Å². The molecule has 2 aliphatic carbocycles. The fraction of sp³-hybridized carbons (Fsp3) is 0.519. The van der Waals surface area contributed by atoms with Gasteiger partial charge in [0.05, 0.1) is 13.1 Å². The van der Waals surface area contributed by atoms with Crippen LogP contribution in [-0.2, 0) is 13.0 Å². The van der Waals surface area contributed by atoms with E-state index in [1.54, 1.807) is 4.90 Å². The summed E-state index contributed by atoms with van der Waals surface area (Å²) < 4.78 is 0. The quantitative estimate of drug-likeness (QED) is 0.759. The van der Waals surface area contributed by atoms with Crippen LogP contribution in [-0.4, -0.2) is 25.0 Å². The first kappa shape index (κ1) is 19.8. The molecule has 3 fully saturated rings. The van der Waals surface area contributed by atoms with E-state index in [-0.39, 0.29) is 5.91 Å². The largest absolute Gasteiger partial charge is 0.349 e. The van der Waals surface area contributed by atoms with Crippen molar-refractivity contribution in [2.45, 2.75) is 57.5 Å². The minimum atomic E-state index is 0.119. The molecular weight excluding hydrogens is 368 g/mol. The lowest BCUT2D eigenvalue weighted by atomic mass is 9.90. The summed E-state index contributed by atoms with van der Waals surface area (Å²) in [6, 6.07) is 19.7. The SMILES string of the molecule is O=C(N[C@H]1C[C@H]2CC[C@H]1C2)c1ccc(C[NH+]2CCC(Cc3ccccc3)CC2)cc1. The van der Waals surface area contributed by atoms with Crippen LogP contribution in [0.3, 0.4) is 0 Å². The number of likely N-dealkylation sites (tertiary alicyclic amines) is 1. The van der Waals surface area contributed by atoms with Gasteiger partial charge in [0.15, 0.2) is 0 Å². The van der Waals surface area contributed by atoms with E-state index in [0.717, 1.165) is 29.9 Å². The van der Waals surface area contributed by atoms with Gasteiger partial charge in [-0.2, -0.15) is 0 Å². The Morgan fingerprint density at radius 3 is 2.30 bits per heavy atom. The van der Waals surface area contributed by atoms with E-state index in [2.05, 4.69) is 47.8 Å². The fourth-order valence-electron chi connectivity index (χ4n) is 6.15. The predicted molar refractivity (Wildman–Crippen MR) is 120 cm³/mol. The Balaban J connectivity index is 1.08. The Labute approximate surface area is 180 Å². The maximum Gasteiger partial charge on any atom is 0.251 e. The van der Waals surface area contributed by atoms with E-state index < -0.39 is 0 Å². The van der Waals surface area contributed by atoms with E-state index in [0.29, 0.717) is 6.04 Å². The van der Waals surface area contributed by atoms with Gasteiger partial charge in [0.1, 0.15) is 6.54 Å². The first-order valence-corrected chi connectivity index (χ1v) is 12.0. The van der Waals surface area contributed by atoms with E-state index >= 15 is 0 Å². The highest BCUT2D eigenvalue weighted by atomic mass is 16.1. The molecule has 1 saturated heterocycles. The van der Waals surface area contributed by atoms with Gasteiger partial charge in [0.25, 0.3) is 5.91 Å². The molecule has 2 aromatic rings. The second-order valence-corrected chi connectivity index (χ2v) is 10.0. The third-order valence-corrected chi connectivity index (χ3v) is 7.90. The maximum absolute atomic E-state index is 12.6. The predicted octanol–water partition coefficient (Wildman–Crippen LogP) is 3.64. The molecule has 3 atom stereocenters. The van der Waals surface area contributed by atoms with E-state index in [9.17, 15) is 4.79 Å². The number of hydrogen-bond donors (Lipinski definition) is 2. The highest BCUT2D eigenvalue weighted by molar-refractivity contribution is 5.94. The van der Waals surface area contributed by atoms with Gasteiger partial charge in [-0.1, -0.05) is 48.9 Å². The van der Waals surface area contributed by atoms with Crippen LogP contribution in [0, 0.1) is 17.8 Å². The molecule has 30 heavy (non-hydrogen) atoms. The fourth-order valence-corrected chi connectivity index (χ4v) is 6.15. The lowest BCUT2D eigenvalue weighted by molar-refractivity contribution is -0.919. The minimum Gasteiger partial charge on any atom is -0.349 e. The van der Waals surface area contributed by atoms with Crippen molar-refractivity contribution in [2.24, 2.45) is 17.8 Å². The summed E-state index contributed by atoms with van der Waals surface area (Å²) in [7, 11) is 0. The summed E-state index contributed by atoms with van der Waals surface area (Å²) in [5.41, 5.74) is 3.64. The number of fused-ring (bicyclic) bond motifs is 2. The van der Waals surface area contributed by atoms with E-state index in [4.69, 9.17) is 0 Å². The van der Waals surface area contributed by atoms with Crippen LogP contribution in [0.15, 0.2) is 54.6 Å². The number of rotatable bonds is 6. The van der Waals surface area contributed by atoms with Crippen LogP contribution in [0.25, 0.3) is 0 Å². The molecule has 2 N–H and O–H groups in total. The number of quaternary nitrogens is 1. The third kappa shape index (κ3) is 4.62. The molecular formula is C27H35N2O+. The second kappa shape index (κ2) is 8.93. The molecule has 0 spiro atoms. The summed E-state index contributed by atoms with van der Waals surface area (Å²) in [6.45, 7) is 3.58. The van der Waals surface area contributed by atoms with Crippen molar-refractivity contribution in [1.82, 2.24) is 5.32 Å². The van der Waals surface area contributed by atoms with Gasteiger partial charge in [-0.3, -0.25) is 4.79 Å². The Morgan fingerprint density at radius 1 is 0.867 bits per heavy atom. The van der Waals surface area contributed by atoms with Crippen molar-refractivity contribution in [3.63, 3.8) is 0 Å². The Kier molecular flexibility index (Phi) is 5.90. The van der Waals surface area contributed by atoms with Gasteiger partial charge in [0, 0.05) is 17.2 Å². The molecule has 0 unspecified atom stereocenters. The molecule has 2 saturated carbocycles. The lowest BCUT2D eigenvalue weighted by Gasteiger charge is -2.29. The number of carbonyl (C=O) groups is 1. The Bertz CT molecular complexity index is 839. The zero-order chi connectivity index (χ0) is 20.3. The van der Waals surface area contributed by atoms with Crippen LogP contribution in [0.2, 0.25) is 0 Å². The standard InChI is InChI=1S/C27H34N2O/c30-27(28-26-18-23-8-11-25(26)17-23)24-9-6-22(7-10-24)19-29-14-12-21(13-15-29)16-20-4-2-1-3-5-20/h1-7,9-10,21,23,25-26H,8,11-19H2,(H,28,30)/p+1/t23-,25-,26-/m0/s1. The zero-order valence-corrected chi connectivity index (χ0v) is 18.0. The number of carbonyl (C=O) groups excluding carboxylic acids is 1. The van der Waals surface area contributed by atoms with Crippen molar-refractivity contribution in [1.29, 1.82) is 0 Å². The number of hydrogen-bond acceptors (Lipinski definition) is 1. The zero-order valence-electron chi connectivity index (χ0n) is 18.0. The first-order valence-electron chi connectivity index (χ1n) is 12.0. The molecule has 2 aromatic carbocycles. The number of piperidine rings is 1. The topological polar surface area (TPSA) is 33.5 Å². The summed E-state index contributed by atoms with van der Waals surface area (Å²) in [5, 5.41) is 3.31.